The van der Waals surface area contributed by atoms with Gasteiger partial charge in [-0.3, -0.25) is 9.59 Å². The molecule has 0 radical (unpaired) electrons. The number of amides is 1. The molecule has 3 unspecified atom stereocenters. The van der Waals surface area contributed by atoms with Gasteiger partial charge in [-0.1, -0.05) is 20.3 Å². The number of aliphatic carboxylic acids is 1. The van der Waals surface area contributed by atoms with E-state index < -0.39 is 11.9 Å². The summed E-state index contributed by atoms with van der Waals surface area (Å²) in [6, 6.07) is 0. The van der Waals surface area contributed by atoms with E-state index in [0.717, 1.165) is 38.8 Å². The van der Waals surface area contributed by atoms with E-state index in [1.807, 2.05) is 4.90 Å². The second-order valence-corrected chi connectivity index (χ2v) is 6.30. The average molecular weight is 267 g/mol. The Balaban J connectivity index is 2.02. The Morgan fingerprint density at radius 3 is 2.26 bits per heavy atom. The zero-order valence-electron chi connectivity index (χ0n) is 12.0. The summed E-state index contributed by atoms with van der Waals surface area (Å²) in [7, 11) is 0. The molecule has 1 aliphatic heterocycles. The minimum atomic E-state index is -0.792. The normalized spacial score (nSPS) is 32.5. The van der Waals surface area contributed by atoms with Gasteiger partial charge in [-0.15, -0.1) is 0 Å². The number of nitrogens with zero attached hydrogens (tertiary/aromatic N) is 1. The maximum absolute atomic E-state index is 12.5. The first-order chi connectivity index (χ1) is 9.02. The van der Waals surface area contributed by atoms with Gasteiger partial charge in [0, 0.05) is 13.1 Å². The minimum Gasteiger partial charge on any atom is -0.481 e. The van der Waals surface area contributed by atoms with Crippen molar-refractivity contribution in [1.82, 2.24) is 4.90 Å². The highest BCUT2D eigenvalue weighted by Crippen LogP contribution is 2.39. The standard InChI is InChI=1S/C15H25NO3/c1-3-11-8-12(13(9-11)15(18)19)14(17)16-6-4-10(2)5-7-16/h10-13H,3-9H2,1-2H3,(H,18,19). The molecular formula is C15H25NO3. The van der Waals surface area contributed by atoms with Crippen molar-refractivity contribution < 1.29 is 14.7 Å². The molecule has 19 heavy (non-hydrogen) atoms. The zero-order valence-corrected chi connectivity index (χ0v) is 12.0. The van der Waals surface area contributed by atoms with Gasteiger partial charge in [0.15, 0.2) is 0 Å². The van der Waals surface area contributed by atoms with Gasteiger partial charge in [0.2, 0.25) is 5.91 Å². The van der Waals surface area contributed by atoms with E-state index in [-0.39, 0.29) is 11.8 Å². The number of carboxylic acid groups (broad SMARTS) is 1. The maximum atomic E-state index is 12.5. The molecule has 2 aliphatic rings. The molecule has 4 heteroatoms. The highest BCUT2D eigenvalue weighted by Gasteiger charge is 2.43. The Bertz CT molecular complexity index is 347. The second-order valence-electron chi connectivity index (χ2n) is 6.30. The molecule has 1 heterocycles. The molecule has 1 amide bonds. The molecular weight excluding hydrogens is 242 g/mol. The number of hydrogen-bond donors (Lipinski definition) is 1. The summed E-state index contributed by atoms with van der Waals surface area (Å²) in [6.45, 7) is 5.91. The smallest absolute Gasteiger partial charge is 0.307 e. The molecule has 1 saturated heterocycles. The van der Waals surface area contributed by atoms with Crippen molar-refractivity contribution in [2.45, 2.75) is 46.0 Å². The van der Waals surface area contributed by atoms with Gasteiger partial charge in [-0.05, 0) is 37.5 Å². The predicted octanol–water partition coefficient (Wildman–Crippen LogP) is 2.38. The van der Waals surface area contributed by atoms with Gasteiger partial charge < -0.3 is 10.0 Å². The Morgan fingerprint density at radius 2 is 1.74 bits per heavy atom. The lowest BCUT2D eigenvalue weighted by Gasteiger charge is -2.33. The van der Waals surface area contributed by atoms with Gasteiger partial charge in [0.1, 0.15) is 0 Å². The highest BCUT2D eigenvalue weighted by atomic mass is 16.4. The van der Waals surface area contributed by atoms with Crippen LogP contribution in [0.25, 0.3) is 0 Å². The van der Waals surface area contributed by atoms with Crippen LogP contribution in [0.3, 0.4) is 0 Å². The Morgan fingerprint density at radius 1 is 1.16 bits per heavy atom. The van der Waals surface area contributed by atoms with E-state index in [1.165, 1.54) is 0 Å². The summed E-state index contributed by atoms with van der Waals surface area (Å²) in [5, 5.41) is 9.32. The lowest BCUT2D eigenvalue weighted by molar-refractivity contribution is -0.149. The van der Waals surface area contributed by atoms with Crippen molar-refractivity contribution in [3.05, 3.63) is 0 Å². The average Bonchev–Trinajstić information content (AvgIpc) is 2.83. The molecule has 0 spiro atoms. The fraction of sp³-hybridized carbons (Fsp3) is 0.867. The zero-order chi connectivity index (χ0) is 14.0. The molecule has 0 aromatic carbocycles. The molecule has 0 aromatic rings. The van der Waals surface area contributed by atoms with Crippen molar-refractivity contribution in [3.63, 3.8) is 0 Å². The monoisotopic (exact) mass is 267 g/mol. The fourth-order valence-corrected chi connectivity index (χ4v) is 3.49. The molecule has 2 rings (SSSR count). The number of carbonyl (C=O) groups is 2. The minimum absolute atomic E-state index is 0.0928. The summed E-state index contributed by atoms with van der Waals surface area (Å²) < 4.78 is 0. The number of hydrogen-bond acceptors (Lipinski definition) is 2. The van der Waals surface area contributed by atoms with E-state index in [1.54, 1.807) is 0 Å². The van der Waals surface area contributed by atoms with Crippen LogP contribution in [0.2, 0.25) is 0 Å². The Hall–Kier alpha value is -1.06. The molecule has 2 fully saturated rings. The highest BCUT2D eigenvalue weighted by molar-refractivity contribution is 5.85. The number of carbonyl (C=O) groups excluding carboxylic acids is 1. The van der Waals surface area contributed by atoms with Gasteiger partial charge in [0.05, 0.1) is 11.8 Å². The third kappa shape index (κ3) is 3.10. The molecule has 3 atom stereocenters. The first kappa shape index (κ1) is 14.4. The number of likely N-dealkylation sites (tertiary alicyclic amines) is 1. The van der Waals surface area contributed by atoms with Crippen LogP contribution in [0.5, 0.6) is 0 Å². The molecule has 1 aliphatic carbocycles. The van der Waals surface area contributed by atoms with Crippen LogP contribution in [0.4, 0.5) is 0 Å². The molecule has 1 saturated carbocycles. The van der Waals surface area contributed by atoms with Crippen LogP contribution in [0.1, 0.15) is 46.0 Å². The first-order valence-corrected chi connectivity index (χ1v) is 7.54. The lowest BCUT2D eigenvalue weighted by atomic mass is 9.92. The molecule has 0 bridgehead atoms. The fourth-order valence-electron chi connectivity index (χ4n) is 3.49. The van der Waals surface area contributed by atoms with Gasteiger partial charge in [-0.2, -0.15) is 0 Å². The number of rotatable bonds is 3. The van der Waals surface area contributed by atoms with Crippen LogP contribution < -0.4 is 0 Å². The predicted molar refractivity (Wildman–Crippen MR) is 72.6 cm³/mol. The van der Waals surface area contributed by atoms with Crippen LogP contribution in [-0.2, 0) is 9.59 Å². The quantitative estimate of drug-likeness (QED) is 0.854. The van der Waals surface area contributed by atoms with Gasteiger partial charge in [0.25, 0.3) is 0 Å². The largest absolute Gasteiger partial charge is 0.481 e. The summed E-state index contributed by atoms with van der Waals surface area (Å²) in [5.41, 5.74) is 0. The maximum Gasteiger partial charge on any atom is 0.307 e. The number of piperidine rings is 1. The van der Waals surface area contributed by atoms with Crippen molar-refractivity contribution in [3.8, 4) is 0 Å². The SMILES string of the molecule is CCC1CC(C(=O)O)C(C(=O)N2CCC(C)CC2)C1. The van der Waals surface area contributed by atoms with E-state index >= 15 is 0 Å². The van der Waals surface area contributed by atoms with Crippen LogP contribution in [0, 0.1) is 23.7 Å². The van der Waals surface area contributed by atoms with Crippen LogP contribution >= 0.6 is 0 Å². The van der Waals surface area contributed by atoms with Crippen LogP contribution in [-0.4, -0.2) is 35.0 Å². The van der Waals surface area contributed by atoms with Crippen molar-refractivity contribution in [1.29, 1.82) is 0 Å². The molecule has 108 valence electrons. The second kappa shape index (κ2) is 5.93. The molecule has 0 aromatic heterocycles. The van der Waals surface area contributed by atoms with Crippen molar-refractivity contribution >= 4 is 11.9 Å². The topological polar surface area (TPSA) is 57.6 Å². The number of carboxylic acids is 1. The van der Waals surface area contributed by atoms with E-state index in [0.29, 0.717) is 18.3 Å². The Kier molecular flexibility index (Phi) is 4.48. The summed E-state index contributed by atoms with van der Waals surface area (Å²) in [6.07, 6.45) is 4.51. The Labute approximate surface area is 115 Å². The molecule has 1 N–H and O–H groups in total. The molecule has 4 nitrogen and oxygen atoms in total. The summed E-state index contributed by atoms with van der Waals surface area (Å²) in [5.74, 6) is -0.354. The third-order valence-electron chi connectivity index (χ3n) is 4.97. The van der Waals surface area contributed by atoms with Gasteiger partial charge in [-0.25, -0.2) is 0 Å². The van der Waals surface area contributed by atoms with Crippen molar-refractivity contribution in [2.75, 3.05) is 13.1 Å². The van der Waals surface area contributed by atoms with E-state index in [4.69, 9.17) is 0 Å². The van der Waals surface area contributed by atoms with E-state index in [9.17, 15) is 14.7 Å². The first-order valence-electron chi connectivity index (χ1n) is 7.54. The van der Waals surface area contributed by atoms with Gasteiger partial charge >= 0.3 is 5.97 Å². The third-order valence-corrected chi connectivity index (χ3v) is 4.97. The lowest BCUT2D eigenvalue weighted by Crippen LogP contribution is -2.43. The van der Waals surface area contributed by atoms with E-state index in [2.05, 4.69) is 13.8 Å². The van der Waals surface area contributed by atoms with Crippen molar-refractivity contribution in [2.24, 2.45) is 23.7 Å². The summed E-state index contributed by atoms with van der Waals surface area (Å²) in [4.78, 5) is 25.8. The van der Waals surface area contributed by atoms with Crippen LogP contribution in [0.15, 0.2) is 0 Å². The summed E-state index contributed by atoms with van der Waals surface area (Å²) >= 11 is 0.